The van der Waals surface area contributed by atoms with Gasteiger partial charge in [0.2, 0.25) is 0 Å². The molecule has 0 radical (unpaired) electrons. The van der Waals surface area contributed by atoms with Gasteiger partial charge in [-0.1, -0.05) is 55.8 Å². The topological polar surface area (TPSA) is 139 Å². The molecule has 2 aromatic carbocycles. The number of amides is 2. The molecular weight excluding hydrogens is 490 g/mol. The lowest BCUT2D eigenvalue weighted by Crippen LogP contribution is -2.40. The van der Waals surface area contributed by atoms with Gasteiger partial charge in [0.1, 0.15) is 29.0 Å². The van der Waals surface area contributed by atoms with Crippen molar-refractivity contribution < 1.29 is 9.53 Å². The van der Waals surface area contributed by atoms with Crippen LogP contribution in [0.5, 0.6) is 5.75 Å². The van der Waals surface area contributed by atoms with Crippen molar-refractivity contribution >= 4 is 23.8 Å². The molecule has 1 heterocycles. The molecule has 2 amide bonds. The van der Waals surface area contributed by atoms with Gasteiger partial charge in [0.25, 0.3) is 0 Å². The van der Waals surface area contributed by atoms with Crippen LogP contribution in [0.25, 0.3) is 0 Å². The van der Waals surface area contributed by atoms with Crippen molar-refractivity contribution in [2.75, 3.05) is 5.32 Å². The number of benzene rings is 2. The fourth-order valence-electron chi connectivity index (χ4n) is 4.52. The number of allylic oxidation sites excluding steroid dienone is 1. The van der Waals surface area contributed by atoms with Crippen molar-refractivity contribution in [2.24, 2.45) is 5.92 Å². The number of pyridine rings is 1. The average molecular weight is 526 g/mol. The third-order valence-corrected chi connectivity index (χ3v) is 6.58. The maximum atomic E-state index is 13.0. The lowest BCUT2D eigenvalue weighted by molar-refractivity contribution is 0.171. The number of nitrogens with zero attached hydrogens (tertiary/aromatic N) is 1. The number of nitrogens with one attached hydrogen (secondary N) is 6. The van der Waals surface area contributed by atoms with Crippen molar-refractivity contribution in [1.29, 1.82) is 16.2 Å². The number of anilines is 1. The lowest BCUT2D eigenvalue weighted by atomic mass is 9.85. The van der Waals surface area contributed by atoms with Crippen LogP contribution >= 0.6 is 0 Å². The number of fused-ring (bicyclic) bond motifs is 1. The summed E-state index contributed by atoms with van der Waals surface area (Å²) in [5.41, 5.74) is 4.13. The minimum absolute atomic E-state index is 0.0239. The molecule has 202 valence electrons. The second-order valence-electron chi connectivity index (χ2n) is 9.86. The fraction of sp³-hybridized carbons (Fsp3) is 0.267. The summed E-state index contributed by atoms with van der Waals surface area (Å²) in [6.45, 7) is 5.85. The Hall–Kier alpha value is -4.66. The number of hydrogen-bond acceptors (Lipinski definition) is 6. The zero-order valence-electron chi connectivity index (χ0n) is 22.4. The largest absolute Gasteiger partial charge is 0.484 e. The smallest absolute Gasteiger partial charge is 0.320 e. The van der Waals surface area contributed by atoms with Gasteiger partial charge < -0.3 is 20.8 Å². The molecular formula is C30H35N7O2. The molecule has 0 saturated heterocycles. The second-order valence-corrected chi connectivity index (χ2v) is 9.86. The second kappa shape index (κ2) is 12.3. The lowest BCUT2D eigenvalue weighted by Gasteiger charge is -2.32. The Morgan fingerprint density at radius 2 is 1.77 bits per heavy atom. The van der Waals surface area contributed by atoms with Gasteiger partial charge in [0.05, 0.1) is 12.2 Å². The summed E-state index contributed by atoms with van der Waals surface area (Å²) in [7, 11) is 0. The molecule has 6 N–H and O–H groups in total. The summed E-state index contributed by atoms with van der Waals surface area (Å²) in [5, 5.41) is 33.0. The summed E-state index contributed by atoms with van der Waals surface area (Å²) in [5.74, 6) is 1.29. The molecule has 0 saturated carbocycles. The first kappa shape index (κ1) is 27.4. The quantitative estimate of drug-likeness (QED) is 0.168. The highest BCUT2D eigenvalue weighted by atomic mass is 16.5. The van der Waals surface area contributed by atoms with Crippen molar-refractivity contribution in [3.63, 3.8) is 0 Å². The standard InChI is InChI=1S/C30H35N7O2/c1-19(2)29(33)37-18-22(12-15-27(37)32)39-26-14-13-25(23-6-4-5-7-24(23)26)35-30(38)36-28(16-17-31)34-21-10-8-20(3)9-11-21/h4-12,15-19,25-26,31-34H,13-14H2,1-3H3,(H2,35,36,38)/b28-16+,31-17?,32-27?,33-29?/t25-,26+/m0/s1. The van der Waals surface area contributed by atoms with Gasteiger partial charge in [-0.15, -0.1) is 0 Å². The molecule has 4 rings (SSSR count). The Morgan fingerprint density at radius 3 is 2.46 bits per heavy atom. The molecule has 0 bridgehead atoms. The Kier molecular flexibility index (Phi) is 8.60. The van der Waals surface area contributed by atoms with Crippen LogP contribution in [0.15, 0.2) is 78.8 Å². The zero-order valence-corrected chi connectivity index (χ0v) is 22.4. The molecule has 0 unspecified atom stereocenters. The normalized spacial score (nSPS) is 16.7. The van der Waals surface area contributed by atoms with E-state index in [1.165, 1.54) is 10.6 Å². The molecule has 0 spiro atoms. The number of ether oxygens (including phenoxy) is 1. The van der Waals surface area contributed by atoms with E-state index in [1.54, 1.807) is 18.3 Å². The number of carbonyl (C=O) groups is 1. The van der Waals surface area contributed by atoms with Crippen LogP contribution in [0.3, 0.4) is 0 Å². The van der Waals surface area contributed by atoms with E-state index in [2.05, 4.69) is 16.0 Å². The molecule has 39 heavy (non-hydrogen) atoms. The minimum Gasteiger partial charge on any atom is -0.484 e. The third kappa shape index (κ3) is 6.81. The van der Waals surface area contributed by atoms with E-state index < -0.39 is 0 Å². The van der Waals surface area contributed by atoms with E-state index in [-0.39, 0.29) is 29.6 Å². The highest BCUT2D eigenvalue weighted by Crippen LogP contribution is 2.38. The summed E-state index contributed by atoms with van der Waals surface area (Å²) in [6, 6.07) is 18.5. The monoisotopic (exact) mass is 525 g/mol. The SMILES string of the molecule is Cc1ccc(N/C(=C\C=N)NC(=O)N[C@H]2CC[C@@H](Oc3ccc(=N)n(C(=N)C(C)C)c3)c3ccccc32)cc1. The molecule has 1 aliphatic rings. The molecule has 0 aliphatic heterocycles. The Bertz CT molecular complexity index is 1440. The first-order valence-corrected chi connectivity index (χ1v) is 13.0. The van der Waals surface area contributed by atoms with E-state index in [0.717, 1.165) is 28.6 Å². The van der Waals surface area contributed by atoms with Gasteiger partial charge in [0.15, 0.2) is 0 Å². The maximum Gasteiger partial charge on any atom is 0.320 e. The number of aryl methyl sites for hydroxylation is 1. The molecule has 9 heteroatoms. The predicted molar refractivity (Wildman–Crippen MR) is 153 cm³/mol. The van der Waals surface area contributed by atoms with E-state index in [0.29, 0.717) is 30.2 Å². The predicted octanol–water partition coefficient (Wildman–Crippen LogP) is 5.61. The molecule has 2 atom stereocenters. The van der Waals surface area contributed by atoms with Crippen LogP contribution in [0, 0.1) is 29.1 Å². The van der Waals surface area contributed by atoms with Gasteiger partial charge in [-0.2, -0.15) is 0 Å². The van der Waals surface area contributed by atoms with Crippen LogP contribution in [-0.4, -0.2) is 22.6 Å². The number of carbonyl (C=O) groups excluding carboxylic acids is 1. The van der Waals surface area contributed by atoms with Gasteiger partial charge in [-0.3, -0.25) is 20.7 Å². The highest BCUT2D eigenvalue weighted by Gasteiger charge is 2.29. The van der Waals surface area contributed by atoms with Crippen LogP contribution < -0.4 is 26.2 Å². The zero-order chi connectivity index (χ0) is 27.9. The van der Waals surface area contributed by atoms with Crippen molar-refractivity contribution in [1.82, 2.24) is 15.2 Å². The van der Waals surface area contributed by atoms with Crippen molar-refractivity contribution in [3.8, 4) is 5.75 Å². The summed E-state index contributed by atoms with van der Waals surface area (Å²) < 4.78 is 7.89. The Morgan fingerprint density at radius 1 is 1.05 bits per heavy atom. The van der Waals surface area contributed by atoms with E-state index in [4.69, 9.17) is 21.0 Å². The number of hydrogen-bond donors (Lipinski definition) is 6. The summed E-state index contributed by atoms with van der Waals surface area (Å²) >= 11 is 0. The fourth-order valence-corrected chi connectivity index (χ4v) is 4.52. The average Bonchev–Trinajstić information content (AvgIpc) is 2.92. The summed E-state index contributed by atoms with van der Waals surface area (Å²) in [6.07, 6.45) is 5.43. The molecule has 9 nitrogen and oxygen atoms in total. The van der Waals surface area contributed by atoms with Crippen molar-refractivity contribution in [2.45, 2.75) is 45.8 Å². The Labute approximate surface area is 228 Å². The molecule has 3 aromatic rings. The molecule has 1 aromatic heterocycles. The van der Waals surface area contributed by atoms with E-state index in [9.17, 15) is 4.79 Å². The number of aromatic nitrogens is 1. The van der Waals surface area contributed by atoms with Crippen molar-refractivity contribution in [3.05, 3.63) is 101 Å². The molecule has 1 aliphatic carbocycles. The summed E-state index contributed by atoms with van der Waals surface area (Å²) in [4.78, 5) is 13.0. The van der Waals surface area contributed by atoms with E-state index in [1.807, 2.05) is 69.3 Å². The maximum absolute atomic E-state index is 13.0. The Balaban J connectivity index is 1.46. The first-order chi connectivity index (χ1) is 18.7. The minimum atomic E-state index is -0.374. The number of rotatable bonds is 8. The highest BCUT2D eigenvalue weighted by molar-refractivity contribution is 5.83. The van der Waals surface area contributed by atoms with Gasteiger partial charge in [-0.05, 0) is 61.2 Å². The van der Waals surface area contributed by atoms with Crippen LogP contribution in [0.2, 0.25) is 0 Å². The first-order valence-electron chi connectivity index (χ1n) is 13.0. The number of urea groups is 1. The van der Waals surface area contributed by atoms with Crippen LogP contribution in [0.1, 0.15) is 55.5 Å². The molecule has 0 fully saturated rings. The van der Waals surface area contributed by atoms with Gasteiger partial charge >= 0.3 is 6.03 Å². The van der Waals surface area contributed by atoms with E-state index >= 15 is 0 Å². The van der Waals surface area contributed by atoms with Gasteiger partial charge in [0, 0.05) is 17.8 Å². The van der Waals surface area contributed by atoms with Gasteiger partial charge in [-0.25, -0.2) is 4.79 Å². The van der Waals surface area contributed by atoms with Crippen LogP contribution in [0.4, 0.5) is 10.5 Å². The third-order valence-electron chi connectivity index (χ3n) is 6.58. The van der Waals surface area contributed by atoms with Crippen LogP contribution in [-0.2, 0) is 0 Å².